The van der Waals surface area contributed by atoms with Crippen LogP contribution < -0.4 is 10.6 Å². The molecule has 6 nitrogen and oxygen atoms in total. The molecule has 1 aromatic rings. The van der Waals surface area contributed by atoms with E-state index in [-0.39, 0.29) is 18.0 Å². The third-order valence-electron chi connectivity index (χ3n) is 6.11. The average molecular weight is 384 g/mol. The van der Waals surface area contributed by atoms with Crippen LogP contribution in [0.15, 0.2) is 24.3 Å². The fraction of sp³-hybridized carbons (Fsp3) is 0.636. The molecule has 0 radical (unpaired) electrons. The van der Waals surface area contributed by atoms with E-state index in [9.17, 15) is 10.1 Å². The number of piperazine rings is 1. The van der Waals surface area contributed by atoms with Crippen LogP contribution in [0, 0.1) is 17.2 Å². The van der Waals surface area contributed by atoms with E-state index in [0.717, 1.165) is 70.5 Å². The van der Waals surface area contributed by atoms with E-state index in [1.165, 1.54) is 5.56 Å². The molecular formula is C22H33N5O. The first-order valence-electron chi connectivity index (χ1n) is 10.6. The van der Waals surface area contributed by atoms with Crippen LogP contribution in [0.2, 0.25) is 0 Å². The molecule has 6 heteroatoms. The summed E-state index contributed by atoms with van der Waals surface area (Å²) in [5.74, 6) is -0.0615. The molecule has 0 spiro atoms. The zero-order chi connectivity index (χ0) is 19.8. The van der Waals surface area contributed by atoms with E-state index in [1.54, 1.807) is 0 Å². The van der Waals surface area contributed by atoms with Crippen LogP contribution in [0.1, 0.15) is 43.7 Å². The van der Waals surface area contributed by atoms with Crippen molar-refractivity contribution in [1.82, 2.24) is 20.4 Å². The van der Waals surface area contributed by atoms with Gasteiger partial charge in [0, 0.05) is 45.3 Å². The first-order chi connectivity index (χ1) is 13.7. The number of nitriles is 1. The molecule has 2 N–H and O–H groups in total. The number of hydrogen-bond donors (Lipinski definition) is 2. The van der Waals surface area contributed by atoms with Crippen LogP contribution >= 0.6 is 0 Å². The highest BCUT2D eigenvalue weighted by atomic mass is 16.2. The first kappa shape index (κ1) is 20.6. The molecule has 1 aliphatic carbocycles. The maximum absolute atomic E-state index is 12.4. The largest absolute Gasteiger partial charge is 0.334 e. The molecule has 2 amide bonds. The van der Waals surface area contributed by atoms with E-state index < -0.39 is 0 Å². The highest BCUT2D eigenvalue weighted by Crippen LogP contribution is 2.23. The molecule has 2 atom stereocenters. The maximum atomic E-state index is 12.4. The fourth-order valence-corrected chi connectivity index (χ4v) is 4.24. The predicted octanol–water partition coefficient (Wildman–Crippen LogP) is 2.71. The lowest BCUT2D eigenvalue weighted by atomic mass is 9.85. The summed E-state index contributed by atoms with van der Waals surface area (Å²) in [4.78, 5) is 17.3. The van der Waals surface area contributed by atoms with Crippen LogP contribution in [0.4, 0.5) is 4.79 Å². The standard InChI is InChI=1S/C22H33N5O/c1-2-26-11-13-27(14-12-26)17-20-9-4-3-8-19(20)16-24-22(28)25-21-10-6-5-7-18(21)15-23/h3-4,8-9,18,21H,2,5-7,10-14,16-17H2,1H3,(H2,24,25,28). The average Bonchev–Trinajstić information content (AvgIpc) is 2.74. The second-order valence-electron chi connectivity index (χ2n) is 7.93. The minimum Gasteiger partial charge on any atom is -0.334 e. The van der Waals surface area contributed by atoms with Gasteiger partial charge in [-0.05, 0) is 30.5 Å². The topological polar surface area (TPSA) is 71.4 Å². The van der Waals surface area contributed by atoms with Gasteiger partial charge in [-0.1, -0.05) is 44.0 Å². The molecule has 1 saturated carbocycles. The Morgan fingerprint density at radius 2 is 1.79 bits per heavy atom. The van der Waals surface area contributed by atoms with Crippen LogP contribution in [-0.4, -0.2) is 54.6 Å². The molecule has 1 aliphatic heterocycles. The van der Waals surface area contributed by atoms with Crippen molar-refractivity contribution in [3.8, 4) is 6.07 Å². The molecular weight excluding hydrogens is 350 g/mol. The molecule has 0 bridgehead atoms. The molecule has 1 heterocycles. The Kier molecular flexibility index (Phi) is 7.70. The third kappa shape index (κ3) is 5.70. The van der Waals surface area contributed by atoms with Gasteiger partial charge in [-0.2, -0.15) is 5.26 Å². The summed E-state index contributed by atoms with van der Waals surface area (Å²) in [6, 6.07) is 10.5. The number of amides is 2. The van der Waals surface area contributed by atoms with Crippen molar-refractivity contribution in [2.75, 3.05) is 32.7 Å². The summed E-state index contributed by atoms with van der Waals surface area (Å²) >= 11 is 0. The lowest BCUT2D eigenvalue weighted by Gasteiger charge is -2.34. The Bertz CT molecular complexity index is 678. The van der Waals surface area contributed by atoms with Crippen molar-refractivity contribution >= 4 is 6.03 Å². The number of nitrogens with one attached hydrogen (secondary N) is 2. The van der Waals surface area contributed by atoms with Gasteiger partial charge in [0.2, 0.25) is 0 Å². The van der Waals surface area contributed by atoms with Gasteiger partial charge >= 0.3 is 6.03 Å². The second kappa shape index (κ2) is 10.4. The number of hydrogen-bond acceptors (Lipinski definition) is 4. The second-order valence-corrected chi connectivity index (χ2v) is 7.93. The lowest BCUT2D eigenvalue weighted by Crippen LogP contribution is -2.46. The molecule has 2 fully saturated rings. The zero-order valence-electron chi connectivity index (χ0n) is 17.0. The lowest BCUT2D eigenvalue weighted by molar-refractivity contribution is 0.131. The number of likely N-dealkylation sites (N-methyl/N-ethyl adjacent to an activating group) is 1. The molecule has 2 unspecified atom stereocenters. The van der Waals surface area contributed by atoms with Crippen molar-refractivity contribution in [3.63, 3.8) is 0 Å². The van der Waals surface area contributed by atoms with E-state index in [2.05, 4.69) is 51.6 Å². The Hall–Kier alpha value is -2.10. The first-order valence-corrected chi connectivity index (χ1v) is 10.6. The summed E-state index contributed by atoms with van der Waals surface area (Å²) in [6.45, 7) is 9.21. The smallest absolute Gasteiger partial charge is 0.315 e. The summed E-state index contributed by atoms with van der Waals surface area (Å²) < 4.78 is 0. The highest BCUT2D eigenvalue weighted by Gasteiger charge is 2.26. The number of benzene rings is 1. The van der Waals surface area contributed by atoms with E-state index in [1.807, 2.05) is 6.07 Å². The van der Waals surface area contributed by atoms with Crippen molar-refractivity contribution in [2.24, 2.45) is 5.92 Å². The molecule has 152 valence electrons. The van der Waals surface area contributed by atoms with Crippen LogP contribution in [0.3, 0.4) is 0 Å². The van der Waals surface area contributed by atoms with Gasteiger partial charge in [0.05, 0.1) is 12.0 Å². The summed E-state index contributed by atoms with van der Waals surface area (Å²) in [7, 11) is 0. The molecule has 1 aromatic carbocycles. The van der Waals surface area contributed by atoms with Crippen LogP contribution in [0.25, 0.3) is 0 Å². The number of carbonyl (C=O) groups is 1. The van der Waals surface area contributed by atoms with Crippen molar-refractivity contribution < 1.29 is 4.79 Å². The van der Waals surface area contributed by atoms with Gasteiger partial charge in [0.15, 0.2) is 0 Å². The molecule has 28 heavy (non-hydrogen) atoms. The van der Waals surface area contributed by atoms with Crippen LogP contribution in [0.5, 0.6) is 0 Å². The summed E-state index contributed by atoms with van der Waals surface area (Å²) in [5, 5.41) is 15.3. The quantitative estimate of drug-likeness (QED) is 0.792. The summed E-state index contributed by atoms with van der Waals surface area (Å²) in [5.41, 5.74) is 2.44. The predicted molar refractivity (Wildman–Crippen MR) is 111 cm³/mol. The number of nitrogens with zero attached hydrogens (tertiary/aromatic N) is 3. The Labute approximate surface area is 168 Å². The van der Waals surface area contributed by atoms with Crippen molar-refractivity contribution in [3.05, 3.63) is 35.4 Å². The van der Waals surface area contributed by atoms with Gasteiger partial charge in [-0.15, -0.1) is 0 Å². The molecule has 0 aromatic heterocycles. The van der Waals surface area contributed by atoms with Crippen molar-refractivity contribution in [1.29, 1.82) is 5.26 Å². The normalized spacial score (nSPS) is 23.7. The number of rotatable bonds is 6. The van der Waals surface area contributed by atoms with Crippen molar-refractivity contribution in [2.45, 2.75) is 51.7 Å². The number of carbonyl (C=O) groups excluding carboxylic acids is 1. The van der Waals surface area contributed by atoms with Gasteiger partial charge < -0.3 is 15.5 Å². The van der Waals surface area contributed by atoms with E-state index in [4.69, 9.17) is 0 Å². The minimum absolute atomic E-state index is 0.0242. The fourth-order valence-electron chi connectivity index (χ4n) is 4.24. The van der Waals surface area contributed by atoms with Gasteiger partial charge in [-0.3, -0.25) is 4.90 Å². The molecule has 3 rings (SSSR count). The van der Waals surface area contributed by atoms with Gasteiger partial charge in [0.1, 0.15) is 0 Å². The van der Waals surface area contributed by atoms with E-state index in [0.29, 0.717) is 6.54 Å². The number of urea groups is 1. The van der Waals surface area contributed by atoms with Gasteiger partial charge in [0.25, 0.3) is 0 Å². The monoisotopic (exact) mass is 383 g/mol. The maximum Gasteiger partial charge on any atom is 0.315 e. The Morgan fingerprint density at radius 3 is 2.50 bits per heavy atom. The third-order valence-corrected chi connectivity index (χ3v) is 6.11. The Balaban J connectivity index is 1.50. The minimum atomic E-state index is -0.168. The zero-order valence-corrected chi connectivity index (χ0v) is 17.0. The molecule has 1 saturated heterocycles. The highest BCUT2D eigenvalue weighted by molar-refractivity contribution is 5.74. The Morgan fingerprint density at radius 1 is 1.11 bits per heavy atom. The van der Waals surface area contributed by atoms with Crippen LogP contribution in [-0.2, 0) is 13.1 Å². The SMILES string of the molecule is CCN1CCN(Cc2ccccc2CNC(=O)NC2CCCCC2C#N)CC1. The molecule has 2 aliphatic rings. The summed E-state index contributed by atoms with van der Waals surface area (Å²) in [6.07, 6.45) is 3.94. The van der Waals surface area contributed by atoms with E-state index >= 15 is 0 Å². The van der Waals surface area contributed by atoms with Gasteiger partial charge in [-0.25, -0.2) is 4.79 Å².